The molecular weight excluding hydrogens is 336 g/mol. The number of hydrogen-bond acceptors (Lipinski definition) is 0. The third-order valence-electron chi connectivity index (χ3n) is 5.12. The summed E-state index contributed by atoms with van der Waals surface area (Å²) in [6.45, 7) is 12.8. The maximum atomic E-state index is 3.39. The Hall–Kier alpha value is -3.04. The standard InChI is InChI=1S/C28H28/c1-19-7-9-25(10-8-19)11-13-28-23(5)17-26(18-24(28)6)12-14-27-21(3)15-20(2)16-22(27)4/h7-11,13,15-18H,1-6H3. The van der Waals surface area contributed by atoms with E-state index in [1.54, 1.807) is 0 Å². The number of aryl methyl sites for hydroxylation is 6. The summed E-state index contributed by atoms with van der Waals surface area (Å²) in [4.78, 5) is 0. The topological polar surface area (TPSA) is 0 Å². The first-order chi connectivity index (χ1) is 13.3. The van der Waals surface area contributed by atoms with Crippen molar-refractivity contribution in [3.05, 3.63) is 104 Å². The maximum Gasteiger partial charge on any atom is 0.0307 e. The number of hydrogen-bond donors (Lipinski definition) is 0. The second-order valence-electron chi connectivity index (χ2n) is 7.79. The minimum absolute atomic E-state index is 1.07. The predicted molar refractivity (Wildman–Crippen MR) is 123 cm³/mol. The Morgan fingerprint density at radius 1 is 0.571 bits per heavy atom. The first-order valence-corrected chi connectivity index (χ1v) is 9.79. The number of rotatable bonds is 2. The summed E-state index contributed by atoms with van der Waals surface area (Å²) in [5.74, 6) is 6.77. The predicted octanol–water partition coefficient (Wildman–Crippen LogP) is 7.11. The molecule has 0 aliphatic rings. The summed E-state index contributed by atoms with van der Waals surface area (Å²) in [6.07, 6.45) is 4.39. The smallest absolute Gasteiger partial charge is 0.0307 e. The first kappa shape index (κ1) is 19.7. The van der Waals surface area contributed by atoms with Crippen LogP contribution in [-0.4, -0.2) is 0 Å². The van der Waals surface area contributed by atoms with Crippen LogP contribution in [-0.2, 0) is 0 Å². The van der Waals surface area contributed by atoms with Gasteiger partial charge in [0.05, 0.1) is 0 Å². The average molecular weight is 365 g/mol. The molecule has 0 aromatic heterocycles. The van der Waals surface area contributed by atoms with Crippen molar-refractivity contribution in [3.8, 4) is 11.8 Å². The lowest BCUT2D eigenvalue weighted by molar-refractivity contribution is 1.29. The average Bonchev–Trinajstić information content (AvgIpc) is 2.61. The zero-order valence-electron chi connectivity index (χ0n) is 17.8. The van der Waals surface area contributed by atoms with Crippen LogP contribution in [0, 0.1) is 53.4 Å². The highest BCUT2D eigenvalue weighted by molar-refractivity contribution is 5.73. The molecule has 140 valence electrons. The van der Waals surface area contributed by atoms with Gasteiger partial charge in [-0.05, 0) is 87.1 Å². The third kappa shape index (κ3) is 4.62. The molecule has 3 aromatic carbocycles. The molecule has 0 aliphatic carbocycles. The molecule has 0 nitrogen and oxygen atoms in total. The van der Waals surface area contributed by atoms with Crippen LogP contribution in [0.3, 0.4) is 0 Å². The van der Waals surface area contributed by atoms with E-state index in [1.807, 2.05) is 0 Å². The van der Waals surface area contributed by atoms with Gasteiger partial charge in [0, 0.05) is 11.1 Å². The SMILES string of the molecule is Cc1ccc(C=Cc2c(C)cc(C#Cc3c(C)cc(C)cc3C)cc2C)cc1. The molecule has 0 saturated heterocycles. The monoisotopic (exact) mass is 364 g/mol. The fraction of sp³-hybridized carbons (Fsp3) is 0.214. The molecule has 0 atom stereocenters. The molecule has 0 unspecified atom stereocenters. The molecule has 3 aromatic rings. The Morgan fingerprint density at radius 3 is 1.71 bits per heavy atom. The summed E-state index contributed by atoms with van der Waals surface area (Å²) in [5.41, 5.74) is 12.3. The maximum absolute atomic E-state index is 3.39. The van der Waals surface area contributed by atoms with E-state index in [2.05, 4.69) is 114 Å². The Labute approximate surface area is 170 Å². The van der Waals surface area contributed by atoms with Crippen LogP contribution in [0.25, 0.3) is 12.2 Å². The van der Waals surface area contributed by atoms with Crippen LogP contribution in [0.1, 0.15) is 55.6 Å². The minimum Gasteiger partial charge on any atom is -0.0616 e. The molecule has 0 radical (unpaired) electrons. The molecule has 0 spiro atoms. The van der Waals surface area contributed by atoms with Crippen molar-refractivity contribution >= 4 is 12.2 Å². The van der Waals surface area contributed by atoms with E-state index in [9.17, 15) is 0 Å². The van der Waals surface area contributed by atoms with Gasteiger partial charge in [0.15, 0.2) is 0 Å². The van der Waals surface area contributed by atoms with Crippen molar-refractivity contribution in [2.24, 2.45) is 0 Å². The van der Waals surface area contributed by atoms with Crippen molar-refractivity contribution in [2.45, 2.75) is 41.5 Å². The van der Waals surface area contributed by atoms with Crippen LogP contribution < -0.4 is 0 Å². The zero-order chi connectivity index (χ0) is 20.3. The summed E-state index contributed by atoms with van der Waals surface area (Å²) in [7, 11) is 0. The Morgan fingerprint density at radius 2 is 1.14 bits per heavy atom. The summed E-state index contributed by atoms with van der Waals surface area (Å²) in [5, 5.41) is 0. The van der Waals surface area contributed by atoms with Gasteiger partial charge in [0.2, 0.25) is 0 Å². The lowest BCUT2D eigenvalue weighted by Gasteiger charge is -2.07. The van der Waals surface area contributed by atoms with Gasteiger partial charge in [-0.15, -0.1) is 0 Å². The van der Waals surface area contributed by atoms with E-state index in [-0.39, 0.29) is 0 Å². The van der Waals surface area contributed by atoms with Gasteiger partial charge in [-0.1, -0.05) is 71.5 Å². The Kier molecular flexibility index (Phi) is 5.86. The summed E-state index contributed by atoms with van der Waals surface area (Å²) >= 11 is 0. The van der Waals surface area contributed by atoms with Crippen LogP contribution >= 0.6 is 0 Å². The van der Waals surface area contributed by atoms with Gasteiger partial charge in [-0.2, -0.15) is 0 Å². The highest BCUT2D eigenvalue weighted by Gasteiger charge is 2.03. The van der Waals surface area contributed by atoms with E-state index in [1.165, 1.54) is 44.5 Å². The molecular formula is C28H28. The van der Waals surface area contributed by atoms with E-state index >= 15 is 0 Å². The van der Waals surface area contributed by atoms with Gasteiger partial charge in [-0.25, -0.2) is 0 Å². The van der Waals surface area contributed by atoms with Gasteiger partial charge >= 0.3 is 0 Å². The second-order valence-corrected chi connectivity index (χ2v) is 7.79. The van der Waals surface area contributed by atoms with Crippen molar-refractivity contribution in [1.29, 1.82) is 0 Å². The van der Waals surface area contributed by atoms with E-state index in [4.69, 9.17) is 0 Å². The Balaban J connectivity index is 1.90. The molecule has 0 bridgehead atoms. The molecule has 0 heterocycles. The summed E-state index contributed by atoms with van der Waals surface area (Å²) in [6, 6.07) is 17.4. The quantitative estimate of drug-likeness (QED) is 0.336. The molecule has 0 saturated carbocycles. The van der Waals surface area contributed by atoms with E-state index < -0.39 is 0 Å². The zero-order valence-corrected chi connectivity index (χ0v) is 17.8. The molecule has 0 amide bonds. The summed E-state index contributed by atoms with van der Waals surface area (Å²) < 4.78 is 0. The molecule has 0 heteroatoms. The highest BCUT2D eigenvalue weighted by Crippen LogP contribution is 2.20. The van der Waals surface area contributed by atoms with Crippen molar-refractivity contribution < 1.29 is 0 Å². The fourth-order valence-corrected chi connectivity index (χ4v) is 3.68. The number of benzene rings is 3. The van der Waals surface area contributed by atoms with Crippen LogP contribution in [0.2, 0.25) is 0 Å². The van der Waals surface area contributed by atoms with Crippen LogP contribution in [0.4, 0.5) is 0 Å². The van der Waals surface area contributed by atoms with E-state index in [0.29, 0.717) is 0 Å². The van der Waals surface area contributed by atoms with Gasteiger partial charge in [-0.3, -0.25) is 0 Å². The Bertz CT molecular complexity index is 1050. The molecule has 0 fully saturated rings. The lowest BCUT2D eigenvalue weighted by Crippen LogP contribution is -1.91. The minimum atomic E-state index is 1.07. The normalized spacial score (nSPS) is 10.8. The first-order valence-electron chi connectivity index (χ1n) is 9.79. The molecule has 0 aliphatic heterocycles. The second kappa shape index (κ2) is 8.32. The molecule has 0 N–H and O–H groups in total. The van der Waals surface area contributed by atoms with Gasteiger partial charge in [0.1, 0.15) is 0 Å². The van der Waals surface area contributed by atoms with Crippen molar-refractivity contribution in [2.75, 3.05) is 0 Å². The van der Waals surface area contributed by atoms with Crippen LogP contribution in [0.15, 0.2) is 48.5 Å². The fourth-order valence-electron chi connectivity index (χ4n) is 3.68. The largest absolute Gasteiger partial charge is 0.0616 e. The lowest BCUT2D eigenvalue weighted by atomic mass is 9.97. The van der Waals surface area contributed by atoms with Crippen molar-refractivity contribution in [3.63, 3.8) is 0 Å². The van der Waals surface area contributed by atoms with Gasteiger partial charge < -0.3 is 0 Å². The van der Waals surface area contributed by atoms with E-state index in [0.717, 1.165) is 11.1 Å². The highest BCUT2D eigenvalue weighted by atomic mass is 14.1. The van der Waals surface area contributed by atoms with Gasteiger partial charge in [0.25, 0.3) is 0 Å². The van der Waals surface area contributed by atoms with Crippen molar-refractivity contribution in [1.82, 2.24) is 0 Å². The third-order valence-corrected chi connectivity index (χ3v) is 5.12. The molecule has 3 rings (SSSR count). The van der Waals surface area contributed by atoms with Crippen LogP contribution in [0.5, 0.6) is 0 Å². The molecule has 28 heavy (non-hydrogen) atoms.